The molecule has 1 aliphatic carbocycles. The highest BCUT2D eigenvalue weighted by Gasteiger charge is 2.32. The third-order valence-corrected chi connectivity index (χ3v) is 5.92. The number of fused-ring (bicyclic) bond motifs is 1. The van der Waals surface area contributed by atoms with Crippen LogP contribution in [0.2, 0.25) is 0 Å². The normalized spacial score (nSPS) is 20.2. The molecule has 2 aliphatic rings. The number of aromatic nitrogens is 3. The molecule has 1 saturated heterocycles. The minimum atomic E-state index is -0.592. The van der Waals surface area contributed by atoms with E-state index in [1.54, 1.807) is 4.57 Å². The van der Waals surface area contributed by atoms with Crippen LogP contribution < -0.4 is 38.8 Å². The molecule has 7 N–H and O–H groups in total. The molecule has 0 spiro atoms. The molecule has 2 amide bonds. The molecule has 3 heterocycles. The van der Waals surface area contributed by atoms with Gasteiger partial charge in [-0.25, -0.2) is 14.6 Å². The van der Waals surface area contributed by atoms with Crippen molar-refractivity contribution in [1.29, 1.82) is 0 Å². The van der Waals surface area contributed by atoms with E-state index in [9.17, 15) is 14.4 Å². The van der Waals surface area contributed by atoms with Crippen LogP contribution in [0.15, 0.2) is 15.8 Å². The van der Waals surface area contributed by atoms with Crippen molar-refractivity contribution < 1.29 is 4.79 Å². The minimum Gasteiger partial charge on any atom is -0.356 e. The highest BCUT2D eigenvalue weighted by atomic mass is 16.2. The van der Waals surface area contributed by atoms with Gasteiger partial charge in [-0.1, -0.05) is 0 Å². The number of carbonyl (C=O) groups is 1. The highest BCUT2D eigenvalue weighted by Crippen LogP contribution is 2.37. The first-order valence-electron chi connectivity index (χ1n) is 9.75. The van der Waals surface area contributed by atoms with Gasteiger partial charge in [-0.05, 0) is 32.1 Å². The van der Waals surface area contributed by atoms with Gasteiger partial charge in [0.15, 0.2) is 0 Å². The lowest BCUT2D eigenvalue weighted by atomic mass is 10.00. The van der Waals surface area contributed by atoms with Gasteiger partial charge in [0.05, 0.1) is 10.9 Å². The number of primary amides is 1. The molecule has 4 rings (SSSR count). The van der Waals surface area contributed by atoms with E-state index in [-0.39, 0.29) is 18.0 Å². The quantitative estimate of drug-likeness (QED) is 0.453. The molecule has 0 radical (unpaired) electrons. The zero-order valence-electron chi connectivity index (χ0n) is 16.3. The van der Waals surface area contributed by atoms with E-state index in [1.807, 2.05) is 6.92 Å². The third kappa shape index (κ3) is 3.31. The Kier molecular flexibility index (Phi) is 4.69. The lowest BCUT2D eigenvalue weighted by molar-refractivity contribution is 0.247. The molecule has 29 heavy (non-hydrogen) atoms. The fourth-order valence-electron chi connectivity index (χ4n) is 4.19. The van der Waals surface area contributed by atoms with Crippen LogP contribution in [-0.4, -0.2) is 45.9 Å². The topological polar surface area (TPSA) is 167 Å². The van der Waals surface area contributed by atoms with Crippen molar-refractivity contribution in [3.8, 4) is 0 Å². The Labute approximate surface area is 166 Å². The standard InChI is InChI=1S/C18H26N8O3/c1-9-14-12(16(27)26(21)18(29)25(14)11-2-3-11)6-22-15(9)24-5-4-10(8-24)13(19)7-23-17(20)28/h6,10-11,13H,2-5,7-8,19,21H2,1H3,(H3,20,23,28). The van der Waals surface area contributed by atoms with E-state index in [4.69, 9.17) is 17.3 Å². The number of aryl methyl sites for hydroxylation is 1. The van der Waals surface area contributed by atoms with Crippen molar-refractivity contribution in [3.63, 3.8) is 0 Å². The predicted molar refractivity (Wildman–Crippen MR) is 109 cm³/mol. The number of nitrogens with zero attached hydrogens (tertiary/aromatic N) is 4. The zero-order chi connectivity index (χ0) is 20.9. The van der Waals surface area contributed by atoms with Gasteiger partial charge in [-0.15, -0.1) is 0 Å². The smallest absolute Gasteiger partial charge is 0.350 e. The number of carbonyl (C=O) groups excluding carboxylic acids is 1. The number of pyridine rings is 1. The lowest BCUT2D eigenvalue weighted by Gasteiger charge is -2.23. The van der Waals surface area contributed by atoms with Gasteiger partial charge < -0.3 is 27.5 Å². The first kappa shape index (κ1) is 19.2. The number of hydrogen-bond donors (Lipinski definition) is 4. The number of nitrogens with two attached hydrogens (primary N) is 3. The first-order valence-corrected chi connectivity index (χ1v) is 9.75. The molecule has 0 bridgehead atoms. The summed E-state index contributed by atoms with van der Waals surface area (Å²) < 4.78 is 2.30. The van der Waals surface area contributed by atoms with Crippen molar-refractivity contribution in [2.24, 2.45) is 17.4 Å². The molecular formula is C18H26N8O3. The summed E-state index contributed by atoms with van der Waals surface area (Å²) in [5.74, 6) is 6.61. The Hall–Kier alpha value is -3.08. The van der Waals surface area contributed by atoms with Crippen molar-refractivity contribution in [2.75, 3.05) is 30.4 Å². The molecule has 11 heteroatoms. The molecule has 2 atom stereocenters. The average Bonchev–Trinajstić information content (AvgIpc) is 3.40. The maximum Gasteiger partial charge on any atom is 0.350 e. The molecular weight excluding hydrogens is 376 g/mol. The zero-order valence-corrected chi connectivity index (χ0v) is 16.3. The maximum absolute atomic E-state index is 12.6. The Balaban J connectivity index is 1.69. The first-order chi connectivity index (χ1) is 13.8. The molecule has 0 aromatic carbocycles. The van der Waals surface area contributed by atoms with E-state index in [0.717, 1.165) is 37.2 Å². The van der Waals surface area contributed by atoms with Crippen LogP contribution in [-0.2, 0) is 0 Å². The maximum atomic E-state index is 12.6. The van der Waals surface area contributed by atoms with Crippen LogP contribution in [0, 0.1) is 12.8 Å². The third-order valence-electron chi connectivity index (χ3n) is 5.92. The molecule has 156 valence electrons. The molecule has 11 nitrogen and oxygen atoms in total. The summed E-state index contributed by atoms with van der Waals surface area (Å²) in [6, 6.07) is -0.748. The van der Waals surface area contributed by atoms with Crippen molar-refractivity contribution in [1.82, 2.24) is 19.5 Å². The number of nitrogens with one attached hydrogen (secondary N) is 1. The van der Waals surface area contributed by atoms with Gasteiger partial charge >= 0.3 is 11.7 Å². The Morgan fingerprint density at radius 3 is 2.72 bits per heavy atom. The monoisotopic (exact) mass is 402 g/mol. The second kappa shape index (κ2) is 7.07. The van der Waals surface area contributed by atoms with E-state index in [2.05, 4.69) is 15.2 Å². The van der Waals surface area contributed by atoms with Crippen LogP contribution in [0.4, 0.5) is 10.6 Å². The fourth-order valence-corrected chi connectivity index (χ4v) is 4.19. The van der Waals surface area contributed by atoms with Gasteiger partial charge in [0, 0.05) is 43.5 Å². The Morgan fingerprint density at radius 1 is 1.34 bits per heavy atom. The Bertz CT molecular complexity index is 1090. The van der Waals surface area contributed by atoms with E-state index in [1.165, 1.54) is 6.20 Å². The summed E-state index contributed by atoms with van der Waals surface area (Å²) >= 11 is 0. The summed E-state index contributed by atoms with van der Waals surface area (Å²) in [5, 5.41) is 2.90. The number of anilines is 1. The van der Waals surface area contributed by atoms with E-state index < -0.39 is 17.3 Å². The van der Waals surface area contributed by atoms with Gasteiger partial charge in [0.1, 0.15) is 5.82 Å². The molecule has 2 aromatic rings. The van der Waals surface area contributed by atoms with Crippen LogP contribution in [0.5, 0.6) is 0 Å². The van der Waals surface area contributed by atoms with Gasteiger partial charge in [-0.3, -0.25) is 9.36 Å². The Morgan fingerprint density at radius 2 is 2.07 bits per heavy atom. The minimum absolute atomic E-state index is 0.0639. The van der Waals surface area contributed by atoms with Crippen molar-refractivity contribution in [3.05, 3.63) is 32.6 Å². The summed E-state index contributed by atoms with van der Waals surface area (Å²) in [5.41, 5.74) is 11.7. The SMILES string of the molecule is Cc1c(N2CCC(C(N)CNC(N)=O)C2)ncc2c(=O)n(N)c(=O)n(C3CC3)c12. The molecule has 1 saturated carbocycles. The van der Waals surface area contributed by atoms with Crippen LogP contribution in [0.25, 0.3) is 10.9 Å². The second-order valence-corrected chi connectivity index (χ2v) is 7.93. The summed E-state index contributed by atoms with van der Waals surface area (Å²) in [6.07, 6.45) is 4.12. The summed E-state index contributed by atoms with van der Waals surface area (Å²) in [6.45, 7) is 3.61. The molecule has 1 aliphatic heterocycles. The number of urea groups is 1. The number of rotatable bonds is 5. The molecule has 2 fully saturated rings. The fraction of sp³-hybridized carbons (Fsp3) is 0.556. The van der Waals surface area contributed by atoms with Crippen LogP contribution in [0.3, 0.4) is 0 Å². The average molecular weight is 402 g/mol. The summed E-state index contributed by atoms with van der Waals surface area (Å²) in [7, 11) is 0. The van der Waals surface area contributed by atoms with Gasteiger partial charge in [0.2, 0.25) is 0 Å². The van der Waals surface area contributed by atoms with Gasteiger partial charge in [-0.2, -0.15) is 4.68 Å². The summed E-state index contributed by atoms with van der Waals surface area (Å²) in [4.78, 5) is 42.7. The van der Waals surface area contributed by atoms with Crippen LogP contribution >= 0.6 is 0 Å². The number of hydrogen-bond acceptors (Lipinski definition) is 7. The van der Waals surface area contributed by atoms with E-state index >= 15 is 0 Å². The van der Waals surface area contributed by atoms with E-state index in [0.29, 0.717) is 28.7 Å². The van der Waals surface area contributed by atoms with Crippen LogP contribution in [0.1, 0.15) is 30.9 Å². The molecule has 2 unspecified atom stereocenters. The largest absolute Gasteiger partial charge is 0.356 e. The second-order valence-electron chi connectivity index (χ2n) is 7.93. The number of nitrogen functional groups attached to an aromatic ring is 1. The highest BCUT2D eigenvalue weighted by molar-refractivity contribution is 5.84. The number of amides is 2. The lowest BCUT2D eigenvalue weighted by Crippen LogP contribution is -2.45. The van der Waals surface area contributed by atoms with Crippen molar-refractivity contribution in [2.45, 2.75) is 38.3 Å². The van der Waals surface area contributed by atoms with Gasteiger partial charge in [0.25, 0.3) is 5.56 Å². The predicted octanol–water partition coefficient (Wildman–Crippen LogP) is -1.26. The molecule has 2 aromatic heterocycles. The van der Waals surface area contributed by atoms with Crippen molar-refractivity contribution >= 4 is 22.8 Å².